The molecule has 0 aliphatic rings. The van der Waals surface area contributed by atoms with Crippen LogP contribution < -0.4 is 0 Å². The number of allylic oxidation sites excluding steroid dienone is 16. The molecule has 0 heterocycles. The van der Waals surface area contributed by atoms with Crippen molar-refractivity contribution in [2.75, 3.05) is 26.4 Å². The average Bonchev–Trinajstić information content (AvgIpc) is 3.30. The Morgan fingerprint density at radius 1 is 0.439 bits per heavy atom. The first-order valence-corrected chi connectivity index (χ1v) is 26.6. The highest BCUT2D eigenvalue weighted by Crippen LogP contribution is 2.43. The zero-order valence-electron chi connectivity index (χ0n) is 41.1. The third-order valence-electron chi connectivity index (χ3n) is 10.0. The van der Waals surface area contributed by atoms with Crippen molar-refractivity contribution in [3.05, 3.63) is 97.2 Å². The Hall–Kier alpha value is -3.60. The monoisotopic (exact) mass is 945 g/mol. The summed E-state index contributed by atoms with van der Waals surface area (Å²) in [6, 6.07) is 0. The maximum Gasteiger partial charge on any atom is 0.472 e. The molecule has 0 rings (SSSR count). The summed E-state index contributed by atoms with van der Waals surface area (Å²) in [6.45, 7) is 4.25. The fraction of sp³-hybridized carbons (Fsp3) is 0.648. The molecule has 0 aromatic heterocycles. The first-order chi connectivity index (χ1) is 32.2. The van der Waals surface area contributed by atoms with Gasteiger partial charge in [0.15, 0.2) is 6.10 Å². The Labute approximate surface area is 400 Å². The predicted molar refractivity (Wildman–Crippen MR) is 270 cm³/mol. The fourth-order valence-electron chi connectivity index (χ4n) is 6.23. The van der Waals surface area contributed by atoms with Crippen molar-refractivity contribution in [3.63, 3.8) is 0 Å². The number of ether oxygens (including phenoxy) is 3. The summed E-state index contributed by atoms with van der Waals surface area (Å²) < 4.78 is 39.2. The van der Waals surface area contributed by atoms with Crippen LogP contribution in [-0.2, 0) is 42.2 Å². The lowest BCUT2D eigenvalue weighted by Gasteiger charge is -2.21. The Bertz CT molecular complexity index is 1480. The van der Waals surface area contributed by atoms with Crippen LogP contribution in [0, 0.1) is 0 Å². The van der Waals surface area contributed by atoms with Gasteiger partial charge in [-0.15, -0.1) is 0 Å². The van der Waals surface area contributed by atoms with E-state index in [0.717, 1.165) is 89.9 Å². The van der Waals surface area contributed by atoms with Crippen LogP contribution in [0.2, 0.25) is 0 Å². The average molecular weight is 945 g/mol. The van der Waals surface area contributed by atoms with E-state index in [-0.39, 0.29) is 25.9 Å². The number of aliphatic hydroxyl groups excluding tert-OH is 1. The summed E-state index contributed by atoms with van der Waals surface area (Å²) in [5, 5.41) is 9.75. The minimum Gasteiger partial charge on any atom is -0.462 e. The van der Waals surface area contributed by atoms with Gasteiger partial charge in [-0.3, -0.25) is 23.4 Å². The van der Waals surface area contributed by atoms with E-state index in [9.17, 15) is 28.9 Å². The molecule has 3 unspecified atom stereocenters. The highest BCUT2D eigenvalue weighted by molar-refractivity contribution is 7.47. The highest BCUT2D eigenvalue weighted by Gasteiger charge is 2.28. The molecular weight excluding hydrogens is 856 g/mol. The molecule has 0 saturated carbocycles. The third-order valence-corrected chi connectivity index (χ3v) is 11.0. The summed E-state index contributed by atoms with van der Waals surface area (Å²) in [6.07, 6.45) is 54.0. The van der Waals surface area contributed by atoms with Crippen molar-refractivity contribution < 1.29 is 52.2 Å². The first-order valence-electron chi connectivity index (χ1n) is 25.1. The number of phosphoric ester groups is 1. The molecule has 0 aromatic rings. The molecule has 0 radical (unpaired) electrons. The van der Waals surface area contributed by atoms with Crippen LogP contribution >= 0.6 is 7.82 Å². The van der Waals surface area contributed by atoms with E-state index < -0.39 is 57.8 Å². The van der Waals surface area contributed by atoms with E-state index in [1.165, 1.54) is 32.1 Å². The van der Waals surface area contributed by atoms with Gasteiger partial charge in [-0.1, -0.05) is 176 Å². The Balaban J connectivity index is 4.84. The quantitative estimate of drug-likeness (QED) is 0.0197. The van der Waals surface area contributed by atoms with Crippen molar-refractivity contribution in [3.8, 4) is 0 Å². The molecule has 2 N–H and O–H groups in total. The lowest BCUT2D eigenvalue weighted by atomic mass is 10.1. The van der Waals surface area contributed by atoms with Crippen molar-refractivity contribution in [1.29, 1.82) is 0 Å². The molecule has 0 aliphatic heterocycles. The molecule has 0 aliphatic carbocycles. The minimum atomic E-state index is -4.76. The smallest absolute Gasteiger partial charge is 0.462 e. The van der Waals surface area contributed by atoms with Gasteiger partial charge < -0.3 is 24.2 Å². The summed E-state index contributed by atoms with van der Waals surface area (Å²) in [5.74, 6) is -1.58. The van der Waals surface area contributed by atoms with Gasteiger partial charge in [0, 0.05) is 19.3 Å². The van der Waals surface area contributed by atoms with Crippen LogP contribution in [0.4, 0.5) is 0 Å². The SMILES string of the molecule is CC/C=C\C/C=C\C/C=C\C/C=C\C/C=C\CCCC(=O)OC(COC(=O)CCCCCCCCCCC)COP(=O)(O)OCC(CO)OC(=O)CCCCC/C=C\C/C=C\C/C=C\CC. The second kappa shape index (κ2) is 47.9. The number of unbranched alkanes of at least 4 members (excludes halogenated alkanes) is 12. The molecule has 376 valence electrons. The number of hydrogen-bond acceptors (Lipinski definition) is 10. The van der Waals surface area contributed by atoms with Gasteiger partial charge in [0.2, 0.25) is 0 Å². The zero-order valence-corrected chi connectivity index (χ0v) is 42.0. The molecule has 11 nitrogen and oxygen atoms in total. The van der Waals surface area contributed by atoms with Crippen LogP contribution in [0.15, 0.2) is 97.2 Å². The number of hydrogen-bond donors (Lipinski definition) is 2. The Kier molecular flexibility index (Phi) is 45.3. The standard InChI is InChI=1S/C54H89O11P/c1-4-7-10-13-16-19-21-23-24-25-26-28-30-33-36-39-42-45-54(58)65-51(47-61-52(56)43-40-37-34-31-18-15-12-9-6-3)49-63-66(59,60)62-48-50(46-55)64-53(57)44-41-38-35-32-29-27-22-20-17-14-11-8-5-2/h7-8,10-11,16-17,19-20,23-24,26-29,33,36,50-51,55H,4-6,9,12-15,18,21-22,25,30-32,34-35,37-49H2,1-3H3,(H,59,60)/b10-7-,11-8-,19-16-,20-17-,24-23-,28-26-,29-27-,36-33-. The van der Waals surface area contributed by atoms with Crippen LogP contribution in [0.3, 0.4) is 0 Å². The lowest BCUT2D eigenvalue weighted by molar-refractivity contribution is -0.161. The van der Waals surface area contributed by atoms with Gasteiger partial charge >= 0.3 is 25.7 Å². The number of carbonyl (C=O) groups is 3. The Morgan fingerprint density at radius 2 is 0.803 bits per heavy atom. The van der Waals surface area contributed by atoms with Crippen LogP contribution in [0.25, 0.3) is 0 Å². The number of esters is 3. The molecule has 0 fully saturated rings. The molecule has 0 saturated heterocycles. The van der Waals surface area contributed by atoms with Crippen molar-refractivity contribution in [2.24, 2.45) is 0 Å². The van der Waals surface area contributed by atoms with Gasteiger partial charge in [0.1, 0.15) is 12.7 Å². The number of rotatable bonds is 45. The van der Waals surface area contributed by atoms with Crippen molar-refractivity contribution in [1.82, 2.24) is 0 Å². The van der Waals surface area contributed by atoms with E-state index >= 15 is 0 Å². The largest absolute Gasteiger partial charge is 0.472 e. The number of carbonyl (C=O) groups excluding carboxylic acids is 3. The second-order valence-electron chi connectivity index (χ2n) is 16.2. The summed E-state index contributed by atoms with van der Waals surface area (Å²) in [4.78, 5) is 48.1. The summed E-state index contributed by atoms with van der Waals surface area (Å²) >= 11 is 0. The van der Waals surface area contributed by atoms with Crippen LogP contribution in [-0.4, -0.2) is 66.5 Å². The topological polar surface area (TPSA) is 155 Å². The highest BCUT2D eigenvalue weighted by atomic mass is 31.2. The fourth-order valence-corrected chi connectivity index (χ4v) is 7.01. The maximum atomic E-state index is 12.8. The predicted octanol–water partition coefficient (Wildman–Crippen LogP) is 14.1. The second-order valence-corrected chi connectivity index (χ2v) is 17.7. The van der Waals surface area contributed by atoms with Gasteiger partial charge in [0.05, 0.1) is 19.8 Å². The van der Waals surface area contributed by atoms with E-state index in [2.05, 4.69) is 106 Å². The van der Waals surface area contributed by atoms with Gasteiger partial charge in [-0.2, -0.15) is 0 Å². The zero-order chi connectivity index (χ0) is 48.4. The lowest BCUT2D eigenvalue weighted by Crippen LogP contribution is -2.30. The van der Waals surface area contributed by atoms with Gasteiger partial charge in [-0.05, 0) is 89.9 Å². The first kappa shape index (κ1) is 62.4. The van der Waals surface area contributed by atoms with Gasteiger partial charge in [-0.25, -0.2) is 4.57 Å². The summed E-state index contributed by atoms with van der Waals surface area (Å²) in [7, 11) is -4.76. The van der Waals surface area contributed by atoms with E-state index in [0.29, 0.717) is 25.7 Å². The molecule has 0 spiro atoms. The molecule has 0 bridgehead atoms. The van der Waals surface area contributed by atoms with E-state index in [4.69, 9.17) is 23.3 Å². The minimum absolute atomic E-state index is 0.0839. The third kappa shape index (κ3) is 45.6. The van der Waals surface area contributed by atoms with E-state index in [1.54, 1.807) is 0 Å². The normalized spacial score (nSPS) is 14.3. The van der Waals surface area contributed by atoms with Crippen LogP contribution in [0.1, 0.15) is 188 Å². The maximum absolute atomic E-state index is 12.8. The molecular formula is C54H89O11P. The van der Waals surface area contributed by atoms with Crippen molar-refractivity contribution >= 4 is 25.7 Å². The summed E-state index contributed by atoms with van der Waals surface area (Å²) in [5.41, 5.74) is 0. The van der Waals surface area contributed by atoms with Gasteiger partial charge in [0.25, 0.3) is 0 Å². The molecule has 3 atom stereocenters. The molecule has 0 amide bonds. The number of aliphatic hydroxyl groups is 1. The molecule has 66 heavy (non-hydrogen) atoms. The van der Waals surface area contributed by atoms with E-state index in [1.807, 2.05) is 12.2 Å². The molecule has 12 heteroatoms. The van der Waals surface area contributed by atoms with Crippen LogP contribution in [0.5, 0.6) is 0 Å². The van der Waals surface area contributed by atoms with Crippen molar-refractivity contribution in [2.45, 2.75) is 200 Å². The Morgan fingerprint density at radius 3 is 1.27 bits per heavy atom. The molecule has 0 aromatic carbocycles. The number of phosphoric acid groups is 1.